The molecule has 0 bridgehead atoms. The molecule has 3 rings (SSSR count). The first kappa shape index (κ1) is 27.0. The first-order chi connectivity index (χ1) is 14.9. The zero-order chi connectivity index (χ0) is 24.4. The number of ether oxygens (including phenoxy) is 2. The van der Waals surface area contributed by atoms with Crippen molar-refractivity contribution in [1.29, 1.82) is 0 Å². The molecule has 0 saturated carbocycles. The van der Waals surface area contributed by atoms with Gasteiger partial charge in [0.1, 0.15) is 29.8 Å². The van der Waals surface area contributed by atoms with Gasteiger partial charge in [-0.15, -0.1) is 0 Å². The Morgan fingerprint density at radius 1 is 0.531 bits per heavy atom. The molecule has 0 aliphatic rings. The minimum absolute atomic E-state index is 0.146. The zero-order valence-electron chi connectivity index (χ0n) is 20.9. The van der Waals surface area contributed by atoms with Gasteiger partial charge in [0.25, 0.3) is 0 Å². The molecule has 0 saturated heterocycles. The fraction of sp³-hybridized carbons (Fsp3) is 0.345. The Morgan fingerprint density at radius 3 is 1.06 bits per heavy atom. The number of rotatable bonds is 4. The average molecular weight is 435 g/mol. The van der Waals surface area contributed by atoms with Crippen LogP contribution in [0.4, 0.5) is 0 Å². The fourth-order valence-corrected chi connectivity index (χ4v) is 2.48. The van der Waals surface area contributed by atoms with Gasteiger partial charge in [0.05, 0.1) is 0 Å². The van der Waals surface area contributed by atoms with Gasteiger partial charge >= 0.3 is 0 Å². The van der Waals surface area contributed by atoms with E-state index >= 15 is 0 Å². The molecule has 0 aliphatic carbocycles. The summed E-state index contributed by atoms with van der Waals surface area (Å²) in [5, 5.41) is 0. The van der Waals surface area contributed by atoms with Crippen molar-refractivity contribution in [2.45, 2.75) is 60.8 Å². The number of aryl methyl sites for hydroxylation is 1. The Balaban J connectivity index is 0.000000646. The van der Waals surface area contributed by atoms with Crippen molar-refractivity contribution >= 4 is 6.79 Å². The lowest BCUT2D eigenvalue weighted by molar-refractivity contribution is -0.0980. The number of carbonyl (C=O) groups excluding carboxylic acids is 1. The van der Waals surface area contributed by atoms with Gasteiger partial charge in [-0.3, -0.25) is 0 Å². The Kier molecular flexibility index (Phi) is 10.2. The minimum Gasteiger partial charge on any atom is -0.457 e. The van der Waals surface area contributed by atoms with Gasteiger partial charge in [0, 0.05) is 0 Å². The Bertz CT molecular complexity index is 905. The highest BCUT2D eigenvalue weighted by Gasteiger charge is 2.13. The third-order valence-electron chi connectivity index (χ3n) is 4.04. The summed E-state index contributed by atoms with van der Waals surface area (Å²) in [7, 11) is 0. The maximum atomic E-state index is 8.00. The molecular formula is C29H38O3. The highest BCUT2D eigenvalue weighted by atomic mass is 16.5. The van der Waals surface area contributed by atoms with E-state index in [1.807, 2.05) is 67.5 Å². The van der Waals surface area contributed by atoms with E-state index in [2.05, 4.69) is 67.5 Å². The average Bonchev–Trinajstić information content (AvgIpc) is 2.71. The van der Waals surface area contributed by atoms with E-state index in [0.29, 0.717) is 5.41 Å². The van der Waals surface area contributed by atoms with Crippen LogP contribution in [0.3, 0.4) is 0 Å². The molecule has 0 aromatic heterocycles. The second-order valence-corrected chi connectivity index (χ2v) is 10.3. The molecule has 0 spiro atoms. The normalized spacial score (nSPS) is 10.8. The maximum absolute atomic E-state index is 8.00. The maximum Gasteiger partial charge on any atom is 0.127 e. The van der Waals surface area contributed by atoms with Gasteiger partial charge in [0.15, 0.2) is 0 Å². The number of hydrogen-bond acceptors (Lipinski definition) is 3. The second-order valence-electron chi connectivity index (χ2n) is 10.3. The molecule has 0 unspecified atom stereocenters. The summed E-state index contributed by atoms with van der Waals surface area (Å²) < 4.78 is 11.7. The third-order valence-corrected chi connectivity index (χ3v) is 4.04. The van der Waals surface area contributed by atoms with Crippen molar-refractivity contribution in [3.8, 4) is 23.0 Å². The summed E-state index contributed by atoms with van der Waals surface area (Å²) in [6.07, 6.45) is 0. The smallest absolute Gasteiger partial charge is 0.127 e. The van der Waals surface area contributed by atoms with Gasteiger partial charge in [-0.05, 0) is 71.8 Å². The summed E-state index contributed by atoms with van der Waals surface area (Å²) in [5.41, 5.74) is 3.16. The quantitative estimate of drug-likeness (QED) is 0.412. The molecule has 3 nitrogen and oxygen atoms in total. The van der Waals surface area contributed by atoms with E-state index in [-0.39, 0.29) is 5.41 Å². The lowest BCUT2D eigenvalue weighted by atomic mass is 9.87. The summed E-state index contributed by atoms with van der Waals surface area (Å²) in [6, 6.07) is 23.9. The number of carbonyl (C=O) groups is 1. The van der Waals surface area contributed by atoms with Crippen molar-refractivity contribution in [3.05, 3.63) is 83.9 Å². The van der Waals surface area contributed by atoms with Crippen LogP contribution in [0.1, 0.15) is 59.6 Å². The van der Waals surface area contributed by atoms with Crippen molar-refractivity contribution in [2.24, 2.45) is 5.41 Å². The lowest BCUT2D eigenvalue weighted by Crippen LogP contribution is -2.10. The highest BCUT2D eigenvalue weighted by Crippen LogP contribution is 2.29. The van der Waals surface area contributed by atoms with Crippen LogP contribution in [0.25, 0.3) is 0 Å². The molecule has 0 atom stereocenters. The van der Waals surface area contributed by atoms with Crippen LogP contribution in [0.5, 0.6) is 23.0 Å². The molecule has 172 valence electrons. The number of benzene rings is 3. The van der Waals surface area contributed by atoms with Crippen LogP contribution in [-0.2, 0) is 10.2 Å². The molecule has 0 amide bonds. The van der Waals surface area contributed by atoms with E-state index in [4.69, 9.17) is 14.3 Å². The molecular weight excluding hydrogens is 396 g/mol. The van der Waals surface area contributed by atoms with Crippen molar-refractivity contribution in [3.63, 3.8) is 0 Å². The van der Waals surface area contributed by atoms with Gasteiger partial charge in [-0.25, -0.2) is 0 Å². The van der Waals surface area contributed by atoms with E-state index in [1.165, 1.54) is 11.1 Å². The first-order valence-corrected chi connectivity index (χ1v) is 10.8. The first-order valence-electron chi connectivity index (χ1n) is 10.8. The van der Waals surface area contributed by atoms with Crippen LogP contribution >= 0.6 is 0 Å². The van der Waals surface area contributed by atoms with Gasteiger partial charge < -0.3 is 14.3 Å². The summed E-state index contributed by atoms with van der Waals surface area (Å²) in [6.45, 7) is 19.4. The Labute approximate surface area is 194 Å². The zero-order valence-corrected chi connectivity index (χ0v) is 20.9. The van der Waals surface area contributed by atoms with Crippen LogP contribution in [-0.4, -0.2) is 6.79 Å². The largest absolute Gasteiger partial charge is 0.457 e. The van der Waals surface area contributed by atoms with Crippen molar-refractivity contribution < 1.29 is 14.3 Å². The van der Waals surface area contributed by atoms with Crippen LogP contribution < -0.4 is 9.47 Å². The number of hydrogen-bond donors (Lipinski definition) is 0. The molecule has 32 heavy (non-hydrogen) atoms. The molecule has 3 aromatic carbocycles. The van der Waals surface area contributed by atoms with E-state index in [1.54, 1.807) is 0 Å². The second kappa shape index (κ2) is 12.1. The fourth-order valence-electron chi connectivity index (χ4n) is 2.48. The molecule has 0 aliphatic heterocycles. The van der Waals surface area contributed by atoms with Crippen molar-refractivity contribution in [1.82, 2.24) is 0 Å². The van der Waals surface area contributed by atoms with Crippen molar-refractivity contribution in [2.75, 3.05) is 0 Å². The summed E-state index contributed by atoms with van der Waals surface area (Å²) in [4.78, 5) is 8.00. The van der Waals surface area contributed by atoms with E-state index in [9.17, 15) is 0 Å². The Hall–Kier alpha value is -3.07. The molecule has 0 radical (unpaired) electrons. The van der Waals surface area contributed by atoms with Gasteiger partial charge in [-0.1, -0.05) is 78.3 Å². The molecule has 0 N–H and O–H groups in total. The van der Waals surface area contributed by atoms with Crippen LogP contribution in [0.15, 0.2) is 72.8 Å². The standard InChI is InChI=1S/C23H24O2.C5H12.CH2O/c1-17-5-9-19(10-6-17)24-21-13-15-22(16-14-21)25-20-11-7-18(8-12-20)23(2,3)4;1-5(2,3)4;1-2/h5-16H,1-4H3;1-4H3;1H2. The summed E-state index contributed by atoms with van der Waals surface area (Å²) in [5.74, 6) is 3.25. The SMILES string of the molecule is C=O.CC(C)(C)C.Cc1ccc(Oc2ccc(Oc3ccc(C(C)(C)C)cc3)cc2)cc1. The van der Waals surface area contributed by atoms with E-state index < -0.39 is 0 Å². The molecule has 0 fully saturated rings. The minimum atomic E-state index is 0.146. The third kappa shape index (κ3) is 10.8. The topological polar surface area (TPSA) is 35.5 Å². The lowest BCUT2D eigenvalue weighted by Gasteiger charge is -2.19. The van der Waals surface area contributed by atoms with Gasteiger partial charge in [-0.2, -0.15) is 0 Å². The van der Waals surface area contributed by atoms with Gasteiger partial charge in [0.2, 0.25) is 0 Å². The predicted molar refractivity (Wildman–Crippen MR) is 135 cm³/mol. The van der Waals surface area contributed by atoms with Crippen LogP contribution in [0.2, 0.25) is 0 Å². The molecule has 0 heterocycles. The monoisotopic (exact) mass is 434 g/mol. The van der Waals surface area contributed by atoms with E-state index in [0.717, 1.165) is 23.0 Å². The molecule has 3 aromatic rings. The molecule has 3 heteroatoms. The summed E-state index contributed by atoms with van der Waals surface area (Å²) >= 11 is 0. The Morgan fingerprint density at radius 2 is 0.781 bits per heavy atom. The van der Waals surface area contributed by atoms with Crippen LogP contribution in [0, 0.1) is 12.3 Å². The predicted octanol–water partition coefficient (Wildman–Crippen LogP) is 8.74. The highest BCUT2D eigenvalue weighted by molar-refractivity contribution is 5.39.